The third-order valence-corrected chi connectivity index (χ3v) is 5.42. The van der Waals surface area contributed by atoms with Gasteiger partial charge in [0, 0.05) is 6.04 Å². The second kappa shape index (κ2) is 4.62. The van der Waals surface area contributed by atoms with Crippen molar-refractivity contribution in [1.82, 2.24) is 0 Å². The van der Waals surface area contributed by atoms with Crippen LogP contribution in [0.1, 0.15) is 39.5 Å². The molecule has 0 aromatic carbocycles. The van der Waals surface area contributed by atoms with E-state index in [9.17, 15) is 8.42 Å². The number of sulfone groups is 1. The van der Waals surface area contributed by atoms with E-state index in [-0.39, 0.29) is 23.0 Å². The number of rotatable bonds is 3. The summed E-state index contributed by atoms with van der Waals surface area (Å²) < 4.78 is 23.9. The van der Waals surface area contributed by atoms with Crippen LogP contribution in [0.3, 0.4) is 0 Å². The van der Waals surface area contributed by atoms with Crippen molar-refractivity contribution >= 4 is 9.84 Å². The highest BCUT2D eigenvalue weighted by Gasteiger charge is 2.33. The van der Waals surface area contributed by atoms with Crippen LogP contribution in [0.4, 0.5) is 0 Å². The van der Waals surface area contributed by atoms with E-state index >= 15 is 0 Å². The first-order valence-electron chi connectivity index (χ1n) is 5.40. The summed E-state index contributed by atoms with van der Waals surface area (Å²) in [6, 6.07) is -0.132. The Hall–Kier alpha value is -0.0900. The van der Waals surface area contributed by atoms with Crippen molar-refractivity contribution in [3.05, 3.63) is 0 Å². The van der Waals surface area contributed by atoms with Crippen molar-refractivity contribution in [2.75, 3.05) is 5.75 Å². The zero-order valence-electron chi connectivity index (χ0n) is 9.07. The van der Waals surface area contributed by atoms with Crippen LogP contribution in [0.2, 0.25) is 0 Å². The minimum Gasteiger partial charge on any atom is -0.327 e. The van der Waals surface area contributed by atoms with Crippen molar-refractivity contribution in [3.8, 4) is 0 Å². The minimum absolute atomic E-state index is 0.132. The molecule has 0 saturated heterocycles. The molecule has 0 radical (unpaired) electrons. The van der Waals surface area contributed by atoms with Crippen molar-refractivity contribution in [2.24, 2.45) is 11.7 Å². The molecule has 1 saturated carbocycles. The average molecular weight is 219 g/mol. The zero-order chi connectivity index (χ0) is 10.8. The molecule has 14 heavy (non-hydrogen) atoms. The molecule has 1 fully saturated rings. The fraction of sp³-hybridized carbons (Fsp3) is 1.00. The monoisotopic (exact) mass is 219 g/mol. The van der Waals surface area contributed by atoms with Crippen molar-refractivity contribution in [1.29, 1.82) is 0 Å². The van der Waals surface area contributed by atoms with Gasteiger partial charge in [-0.05, 0) is 18.8 Å². The highest BCUT2D eigenvalue weighted by molar-refractivity contribution is 7.92. The van der Waals surface area contributed by atoms with Crippen LogP contribution >= 0.6 is 0 Å². The summed E-state index contributed by atoms with van der Waals surface area (Å²) in [6.45, 7) is 3.87. The Morgan fingerprint density at radius 1 is 1.29 bits per heavy atom. The van der Waals surface area contributed by atoms with Gasteiger partial charge in [0.15, 0.2) is 9.84 Å². The Morgan fingerprint density at radius 3 is 2.36 bits per heavy atom. The molecule has 0 heterocycles. The van der Waals surface area contributed by atoms with E-state index in [0.29, 0.717) is 0 Å². The Labute approximate surface area is 87.0 Å². The summed E-state index contributed by atoms with van der Waals surface area (Å²) in [7, 11) is -2.96. The van der Waals surface area contributed by atoms with Crippen LogP contribution in [-0.2, 0) is 9.84 Å². The number of hydrogen-bond donors (Lipinski definition) is 1. The second-order valence-corrected chi connectivity index (χ2v) is 6.97. The van der Waals surface area contributed by atoms with Crippen molar-refractivity contribution < 1.29 is 8.42 Å². The highest BCUT2D eigenvalue weighted by Crippen LogP contribution is 2.24. The van der Waals surface area contributed by atoms with Gasteiger partial charge < -0.3 is 5.73 Å². The van der Waals surface area contributed by atoms with Gasteiger partial charge >= 0.3 is 0 Å². The quantitative estimate of drug-likeness (QED) is 0.779. The zero-order valence-corrected chi connectivity index (χ0v) is 9.89. The van der Waals surface area contributed by atoms with Gasteiger partial charge in [-0.1, -0.05) is 26.7 Å². The van der Waals surface area contributed by atoms with Crippen LogP contribution in [-0.4, -0.2) is 25.5 Å². The summed E-state index contributed by atoms with van der Waals surface area (Å²) in [4.78, 5) is 0. The maximum absolute atomic E-state index is 11.9. The topological polar surface area (TPSA) is 60.2 Å². The minimum atomic E-state index is -2.96. The Kier molecular flexibility index (Phi) is 3.95. The molecule has 2 N–H and O–H groups in total. The van der Waals surface area contributed by atoms with Crippen molar-refractivity contribution in [3.63, 3.8) is 0 Å². The molecular formula is C10H21NO2S. The molecule has 84 valence electrons. The predicted molar refractivity (Wildman–Crippen MR) is 58.9 cm³/mol. The van der Waals surface area contributed by atoms with E-state index in [0.717, 1.165) is 25.7 Å². The van der Waals surface area contributed by atoms with Crippen LogP contribution in [0, 0.1) is 5.92 Å². The lowest BCUT2D eigenvalue weighted by Crippen LogP contribution is -2.44. The average Bonchev–Trinajstić information content (AvgIpc) is 2.02. The largest absolute Gasteiger partial charge is 0.327 e. The molecule has 0 bridgehead atoms. The predicted octanol–water partition coefficient (Wildman–Crippen LogP) is 1.33. The van der Waals surface area contributed by atoms with Gasteiger partial charge in [0.1, 0.15) is 0 Å². The van der Waals surface area contributed by atoms with Gasteiger partial charge in [-0.15, -0.1) is 0 Å². The van der Waals surface area contributed by atoms with Crippen LogP contribution in [0.5, 0.6) is 0 Å². The molecule has 1 aliphatic rings. The molecule has 3 nitrogen and oxygen atoms in total. The lowest BCUT2D eigenvalue weighted by atomic mass is 9.96. The second-order valence-electron chi connectivity index (χ2n) is 4.71. The van der Waals surface area contributed by atoms with E-state index in [2.05, 4.69) is 0 Å². The smallest absolute Gasteiger partial charge is 0.154 e. The Morgan fingerprint density at radius 2 is 1.86 bits per heavy atom. The lowest BCUT2D eigenvalue weighted by molar-refractivity contribution is 0.430. The van der Waals surface area contributed by atoms with Gasteiger partial charge in [-0.2, -0.15) is 0 Å². The molecule has 2 unspecified atom stereocenters. The van der Waals surface area contributed by atoms with Crippen LogP contribution in [0.25, 0.3) is 0 Å². The highest BCUT2D eigenvalue weighted by atomic mass is 32.2. The summed E-state index contributed by atoms with van der Waals surface area (Å²) in [5.74, 6) is 0.486. The molecular weight excluding hydrogens is 198 g/mol. The maximum Gasteiger partial charge on any atom is 0.154 e. The molecule has 0 aromatic heterocycles. The van der Waals surface area contributed by atoms with Gasteiger partial charge in [0.25, 0.3) is 0 Å². The van der Waals surface area contributed by atoms with E-state index in [1.54, 1.807) is 0 Å². The summed E-state index contributed by atoms with van der Waals surface area (Å²) in [5.41, 5.74) is 5.86. The SMILES string of the molecule is CC(C)CS(=O)(=O)C1CCCCC1N. The fourth-order valence-electron chi connectivity index (χ4n) is 2.16. The van der Waals surface area contributed by atoms with Gasteiger partial charge in [0.2, 0.25) is 0 Å². The first-order chi connectivity index (χ1) is 6.43. The molecule has 1 aliphatic carbocycles. The Bertz CT molecular complexity index is 272. The lowest BCUT2D eigenvalue weighted by Gasteiger charge is -2.28. The first kappa shape index (κ1) is 12.0. The van der Waals surface area contributed by atoms with E-state index in [1.807, 2.05) is 13.8 Å². The van der Waals surface area contributed by atoms with Gasteiger partial charge in [0.05, 0.1) is 11.0 Å². The summed E-state index contributed by atoms with van der Waals surface area (Å²) in [5, 5.41) is -0.279. The standard InChI is InChI=1S/C10H21NO2S/c1-8(2)7-14(12,13)10-6-4-3-5-9(10)11/h8-10H,3-7,11H2,1-2H3. The van der Waals surface area contributed by atoms with Crippen molar-refractivity contribution in [2.45, 2.75) is 50.8 Å². The molecule has 0 amide bonds. The molecule has 2 atom stereocenters. The molecule has 1 rings (SSSR count). The third kappa shape index (κ3) is 2.95. The van der Waals surface area contributed by atoms with Crippen LogP contribution in [0.15, 0.2) is 0 Å². The van der Waals surface area contributed by atoms with E-state index in [1.165, 1.54) is 0 Å². The Balaban J connectivity index is 2.70. The molecule has 4 heteroatoms. The summed E-state index contributed by atoms with van der Waals surface area (Å²) >= 11 is 0. The van der Waals surface area contributed by atoms with Gasteiger partial charge in [-0.25, -0.2) is 8.42 Å². The number of hydrogen-bond acceptors (Lipinski definition) is 3. The maximum atomic E-state index is 11.9. The molecule has 0 spiro atoms. The van der Waals surface area contributed by atoms with Crippen LogP contribution < -0.4 is 5.73 Å². The fourth-order valence-corrected chi connectivity index (χ4v) is 4.53. The third-order valence-electron chi connectivity index (χ3n) is 2.78. The number of nitrogens with two attached hydrogens (primary N) is 1. The normalized spacial score (nSPS) is 29.4. The first-order valence-corrected chi connectivity index (χ1v) is 7.12. The van der Waals surface area contributed by atoms with E-state index < -0.39 is 9.84 Å². The molecule has 0 aliphatic heterocycles. The van der Waals surface area contributed by atoms with Gasteiger partial charge in [-0.3, -0.25) is 0 Å². The summed E-state index contributed by atoms with van der Waals surface area (Å²) in [6.07, 6.45) is 3.71. The van der Waals surface area contributed by atoms with E-state index in [4.69, 9.17) is 5.73 Å². The molecule has 0 aromatic rings.